The Balaban J connectivity index is 3.24. The maximum atomic E-state index is 11.2. The summed E-state index contributed by atoms with van der Waals surface area (Å²) in [5, 5.41) is 9.00. The highest BCUT2D eigenvalue weighted by molar-refractivity contribution is 5.95. The molecule has 0 radical (unpaired) electrons. The third kappa shape index (κ3) is 1.85. The fourth-order valence-electron chi connectivity index (χ4n) is 1.23. The first-order valence-corrected chi connectivity index (χ1v) is 4.18. The average molecular weight is 195 g/mol. The maximum absolute atomic E-state index is 11.2. The van der Waals surface area contributed by atoms with E-state index in [1.54, 1.807) is 12.1 Å². The molecule has 0 amide bonds. The van der Waals surface area contributed by atoms with Gasteiger partial charge < -0.3 is 15.6 Å². The van der Waals surface area contributed by atoms with Gasteiger partial charge in [-0.1, -0.05) is 0 Å². The Labute approximate surface area is 82.3 Å². The second kappa shape index (κ2) is 4.11. The lowest BCUT2D eigenvalue weighted by Crippen LogP contribution is -2.07. The normalized spacial score (nSPS) is 9.93. The number of hydrogen-bond acceptors (Lipinski definition) is 4. The third-order valence-corrected chi connectivity index (χ3v) is 2.08. The molecule has 0 unspecified atom stereocenters. The first kappa shape index (κ1) is 10.5. The standard InChI is InChI=1S/C10H13NO3/c1-6-3-9(11)8(10(13)14-2)4-7(6)5-12/h3-4,12H,5,11H2,1-2H3. The number of aliphatic hydroxyl groups is 1. The van der Waals surface area contributed by atoms with E-state index in [-0.39, 0.29) is 6.61 Å². The zero-order valence-electron chi connectivity index (χ0n) is 8.20. The van der Waals surface area contributed by atoms with E-state index in [0.29, 0.717) is 16.8 Å². The summed E-state index contributed by atoms with van der Waals surface area (Å²) in [4.78, 5) is 11.2. The van der Waals surface area contributed by atoms with Gasteiger partial charge in [-0.15, -0.1) is 0 Å². The molecular formula is C10H13NO3. The number of carbonyl (C=O) groups excluding carboxylic acids is 1. The summed E-state index contributed by atoms with van der Waals surface area (Å²) in [6.07, 6.45) is 0. The Morgan fingerprint density at radius 1 is 1.57 bits per heavy atom. The number of nitrogen functional groups attached to an aromatic ring is 1. The number of benzene rings is 1. The number of rotatable bonds is 2. The van der Waals surface area contributed by atoms with Crippen molar-refractivity contribution >= 4 is 11.7 Å². The number of aliphatic hydroxyl groups excluding tert-OH is 1. The minimum absolute atomic E-state index is 0.115. The molecule has 1 aromatic carbocycles. The van der Waals surface area contributed by atoms with Crippen LogP contribution in [0.25, 0.3) is 0 Å². The summed E-state index contributed by atoms with van der Waals surface area (Å²) < 4.78 is 4.56. The zero-order chi connectivity index (χ0) is 10.7. The van der Waals surface area contributed by atoms with E-state index in [1.165, 1.54) is 7.11 Å². The SMILES string of the molecule is COC(=O)c1cc(CO)c(C)cc1N. The highest BCUT2D eigenvalue weighted by atomic mass is 16.5. The number of esters is 1. The molecule has 3 N–H and O–H groups in total. The van der Waals surface area contributed by atoms with Gasteiger partial charge in [-0.3, -0.25) is 0 Å². The largest absolute Gasteiger partial charge is 0.465 e. The lowest BCUT2D eigenvalue weighted by Gasteiger charge is -2.08. The van der Waals surface area contributed by atoms with Crippen molar-refractivity contribution in [3.05, 3.63) is 28.8 Å². The van der Waals surface area contributed by atoms with Crippen LogP contribution in [0.3, 0.4) is 0 Å². The molecule has 0 saturated carbocycles. The van der Waals surface area contributed by atoms with Crippen LogP contribution < -0.4 is 5.73 Å². The summed E-state index contributed by atoms with van der Waals surface area (Å²) >= 11 is 0. The van der Waals surface area contributed by atoms with Gasteiger partial charge in [0.25, 0.3) is 0 Å². The molecule has 0 aromatic heterocycles. The topological polar surface area (TPSA) is 72.5 Å². The van der Waals surface area contributed by atoms with E-state index in [0.717, 1.165) is 5.56 Å². The molecule has 0 heterocycles. The predicted octanol–water partition coefficient (Wildman–Crippen LogP) is 0.856. The van der Waals surface area contributed by atoms with Crippen LogP contribution >= 0.6 is 0 Å². The van der Waals surface area contributed by atoms with Crippen molar-refractivity contribution < 1.29 is 14.6 Å². The van der Waals surface area contributed by atoms with Gasteiger partial charge in [0.05, 0.1) is 19.3 Å². The van der Waals surface area contributed by atoms with Crippen LogP contribution in [0.15, 0.2) is 12.1 Å². The molecule has 0 atom stereocenters. The van der Waals surface area contributed by atoms with Crippen LogP contribution in [0.5, 0.6) is 0 Å². The van der Waals surface area contributed by atoms with Gasteiger partial charge in [-0.2, -0.15) is 0 Å². The molecule has 0 aliphatic rings. The molecule has 0 saturated heterocycles. The summed E-state index contributed by atoms with van der Waals surface area (Å²) in [5.74, 6) is -0.489. The van der Waals surface area contributed by atoms with Gasteiger partial charge in [0, 0.05) is 5.69 Å². The van der Waals surface area contributed by atoms with Crippen LogP contribution in [-0.4, -0.2) is 18.2 Å². The summed E-state index contributed by atoms with van der Waals surface area (Å²) in [6, 6.07) is 3.20. The minimum Gasteiger partial charge on any atom is -0.465 e. The second-order valence-corrected chi connectivity index (χ2v) is 3.02. The fourth-order valence-corrected chi connectivity index (χ4v) is 1.23. The molecule has 1 rings (SSSR count). The van der Waals surface area contributed by atoms with E-state index < -0.39 is 5.97 Å². The third-order valence-electron chi connectivity index (χ3n) is 2.08. The summed E-state index contributed by atoms with van der Waals surface area (Å²) in [7, 11) is 1.29. The van der Waals surface area contributed by atoms with Gasteiger partial charge in [-0.05, 0) is 30.2 Å². The minimum atomic E-state index is -0.489. The number of hydrogen-bond donors (Lipinski definition) is 2. The van der Waals surface area contributed by atoms with Crippen LogP contribution in [0.1, 0.15) is 21.5 Å². The molecule has 1 aromatic rings. The van der Waals surface area contributed by atoms with Crippen LogP contribution in [0, 0.1) is 6.92 Å². The zero-order valence-corrected chi connectivity index (χ0v) is 8.20. The first-order valence-electron chi connectivity index (χ1n) is 4.18. The van der Waals surface area contributed by atoms with Gasteiger partial charge in [0.1, 0.15) is 0 Å². The van der Waals surface area contributed by atoms with E-state index in [4.69, 9.17) is 10.8 Å². The van der Waals surface area contributed by atoms with Crippen molar-refractivity contribution in [3.63, 3.8) is 0 Å². The van der Waals surface area contributed by atoms with Gasteiger partial charge in [0.15, 0.2) is 0 Å². The quantitative estimate of drug-likeness (QED) is 0.542. The molecule has 0 bridgehead atoms. The molecule has 4 nitrogen and oxygen atoms in total. The van der Waals surface area contributed by atoms with Crippen LogP contribution in [0.2, 0.25) is 0 Å². The van der Waals surface area contributed by atoms with Crippen LogP contribution in [-0.2, 0) is 11.3 Å². The van der Waals surface area contributed by atoms with E-state index in [2.05, 4.69) is 4.74 Å². The molecular weight excluding hydrogens is 182 g/mol. The Kier molecular flexibility index (Phi) is 3.09. The van der Waals surface area contributed by atoms with Crippen molar-refractivity contribution in [2.45, 2.75) is 13.5 Å². The predicted molar refractivity (Wildman–Crippen MR) is 52.9 cm³/mol. The molecule has 0 aliphatic carbocycles. The van der Waals surface area contributed by atoms with Crippen molar-refractivity contribution in [1.29, 1.82) is 0 Å². The van der Waals surface area contributed by atoms with Gasteiger partial charge in [0.2, 0.25) is 0 Å². The van der Waals surface area contributed by atoms with E-state index in [1.807, 2.05) is 6.92 Å². The summed E-state index contributed by atoms with van der Waals surface area (Å²) in [5.41, 5.74) is 7.84. The second-order valence-electron chi connectivity index (χ2n) is 3.02. The monoisotopic (exact) mass is 195 g/mol. The van der Waals surface area contributed by atoms with Crippen LogP contribution in [0.4, 0.5) is 5.69 Å². The smallest absolute Gasteiger partial charge is 0.339 e. The highest BCUT2D eigenvalue weighted by Crippen LogP contribution is 2.19. The van der Waals surface area contributed by atoms with Crippen molar-refractivity contribution in [2.24, 2.45) is 0 Å². The fraction of sp³-hybridized carbons (Fsp3) is 0.300. The molecule has 0 aliphatic heterocycles. The Hall–Kier alpha value is -1.55. The number of carbonyl (C=O) groups is 1. The Bertz CT molecular complexity index is 361. The van der Waals surface area contributed by atoms with Gasteiger partial charge in [-0.25, -0.2) is 4.79 Å². The average Bonchev–Trinajstić information content (AvgIpc) is 2.17. The summed E-state index contributed by atoms with van der Waals surface area (Å²) in [6.45, 7) is 1.71. The highest BCUT2D eigenvalue weighted by Gasteiger charge is 2.12. The van der Waals surface area contributed by atoms with E-state index >= 15 is 0 Å². The number of nitrogens with two attached hydrogens (primary N) is 1. The molecule has 76 valence electrons. The van der Waals surface area contributed by atoms with Crippen molar-refractivity contribution in [3.8, 4) is 0 Å². The molecule has 14 heavy (non-hydrogen) atoms. The van der Waals surface area contributed by atoms with Crippen molar-refractivity contribution in [1.82, 2.24) is 0 Å². The Morgan fingerprint density at radius 2 is 2.21 bits per heavy atom. The lowest BCUT2D eigenvalue weighted by atomic mass is 10.0. The molecule has 0 fully saturated rings. The van der Waals surface area contributed by atoms with Gasteiger partial charge >= 0.3 is 5.97 Å². The van der Waals surface area contributed by atoms with Crippen molar-refractivity contribution in [2.75, 3.05) is 12.8 Å². The first-order chi connectivity index (χ1) is 6.60. The maximum Gasteiger partial charge on any atom is 0.339 e. The number of methoxy groups -OCH3 is 1. The number of ether oxygens (including phenoxy) is 1. The lowest BCUT2D eigenvalue weighted by molar-refractivity contribution is 0.0602. The number of anilines is 1. The molecule has 0 spiro atoms. The number of aryl methyl sites for hydroxylation is 1. The van der Waals surface area contributed by atoms with E-state index in [9.17, 15) is 4.79 Å². The molecule has 4 heteroatoms. The Morgan fingerprint density at radius 3 is 2.71 bits per heavy atom.